The van der Waals surface area contributed by atoms with Crippen LogP contribution in [0.15, 0.2) is 0 Å². The van der Waals surface area contributed by atoms with Crippen LogP contribution < -0.4 is 0 Å². The van der Waals surface area contributed by atoms with Gasteiger partial charge in [0, 0.05) is 0 Å². The highest BCUT2D eigenvalue weighted by Gasteiger charge is 2.60. The molecule has 1 amide bonds. The summed E-state index contributed by atoms with van der Waals surface area (Å²) in [6.45, 7) is 20.2. The molecule has 2 fully saturated rings. The van der Waals surface area contributed by atoms with Gasteiger partial charge in [0.1, 0.15) is 17.8 Å². The van der Waals surface area contributed by atoms with Gasteiger partial charge in [-0.1, -0.05) is 20.8 Å². The molecule has 164 valence electrons. The Morgan fingerprint density at radius 2 is 1.57 bits per heavy atom. The van der Waals surface area contributed by atoms with Crippen LogP contribution in [0.4, 0.5) is 4.79 Å². The van der Waals surface area contributed by atoms with Crippen molar-refractivity contribution in [1.29, 1.82) is 0 Å². The second-order valence-electron chi connectivity index (χ2n) is 10.8. The molecule has 28 heavy (non-hydrogen) atoms. The minimum Gasteiger partial charge on any atom is -0.444 e. The normalized spacial score (nSPS) is 30.5. The third-order valence-corrected chi connectivity index (χ3v) is 10.3. The summed E-state index contributed by atoms with van der Waals surface area (Å²) in [5, 5.41) is 10.1. The molecule has 0 aliphatic carbocycles. The summed E-state index contributed by atoms with van der Waals surface area (Å²) in [4.78, 5) is 14.6. The van der Waals surface area contributed by atoms with Gasteiger partial charge in [-0.2, -0.15) is 0 Å². The Balaban J connectivity index is 2.31. The van der Waals surface area contributed by atoms with E-state index in [1.165, 1.54) is 0 Å². The highest BCUT2D eigenvalue weighted by Crippen LogP contribution is 2.42. The lowest BCUT2D eigenvalue weighted by molar-refractivity contribution is -0.170. The quantitative estimate of drug-likeness (QED) is 0.706. The molecule has 2 aliphatic rings. The van der Waals surface area contributed by atoms with Gasteiger partial charge < -0.3 is 23.7 Å². The fraction of sp³-hybridized carbons (Fsp3) is 0.950. The van der Waals surface area contributed by atoms with E-state index in [1.807, 2.05) is 34.6 Å². The summed E-state index contributed by atoms with van der Waals surface area (Å²) >= 11 is 0. The number of carbonyl (C=O) groups excluding carboxylic acids is 1. The summed E-state index contributed by atoms with van der Waals surface area (Å²) in [7, 11) is -2.03. The van der Waals surface area contributed by atoms with Crippen molar-refractivity contribution in [3.63, 3.8) is 0 Å². The molecule has 1 N–H and O–H groups in total. The van der Waals surface area contributed by atoms with Crippen molar-refractivity contribution in [2.75, 3.05) is 13.2 Å². The molecule has 0 aromatic rings. The van der Waals surface area contributed by atoms with Crippen LogP contribution in [0, 0.1) is 0 Å². The minimum absolute atomic E-state index is 0.0461. The van der Waals surface area contributed by atoms with Crippen LogP contribution in [-0.2, 0) is 18.6 Å². The van der Waals surface area contributed by atoms with E-state index in [1.54, 1.807) is 4.90 Å². The lowest BCUT2D eigenvalue weighted by Gasteiger charge is -2.39. The summed E-state index contributed by atoms with van der Waals surface area (Å²) in [6, 6.07) is -0.914. The molecule has 0 spiro atoms. The van der Waals surface area contributed by atoms with Gasteiger partial charge in [0.2, 0.25) is 0 Å². The molecule has 0 radical (unpaired) electrons. The number of rotatable bonds is 4. The fourth-order valence-corrected chi connectivity index (χ4v) is 4.46. The first-order valence-corrected chi connectivity index (χ1v) is 13.0. The Morgan fingerprint density at radius 1 is 1.07 bits per heavy atom. The highest BCUT2D eigenvalue weighted by molar-refractivity contribution is 6.74. The lowest BCUT2D eigenvalue weighted by atomic mass is 10.1. The van der Waals surface area contributed by atoms with Crippen molar-refractivity contribution in [1.82, 2.24) is 4.90 Å². The largest absolute Gasteiger partial charge is 0.444 e. The van der Waals surface area contributed by atoms with Gasteiger partial charge >= 0.3 is 6.09 Å². The number of fused-ring (bicyclic) bond motifs is 1. The third kappa shape index (κ3) is 4.90. The molecule has 0 unspecified atom stereocenters. The summed E-state index contributed by atoms with van der Waals surface area (Å²) < 4.78 is 24.2. The fourth-order valence-electron chi connectivity index (χ4n) is 3.44. The first-order chi connectivity index (χ1) is 12.5. The smallest absolute Gasteiger partial charge is 0.411 e. The Hall–Kier alpha value is -0.673. The lowest BCUT2D eigenvalue weighted by Crippen LogP contribution is -2.53. The van der Waals surface area contributed by atoms with Crippen LogP contribution in [0.5, 0.6) is 0 Å². The molecule has 4 atom stereocenters. The standard InChI is InChI=1S/C20H39NO6Si/c1-18(2,3)27-17(23)21-13(11-22)15-16(26-20(7,8)25-15)14(21)12-24-28(9,10)19(4,5)6/h13-16,22H,11-12H2,1-10H3/t13-,14-,15+,16-/m1/s1. The van der Waals surface area contributed by atoms with Crippen LogP contribution in [0.1, 0.15) is 55.4 Å². The number of carbonyl (C=O) groups is 1. The average molecular weight is 418 g/mol. The molecule has 2 aliphatic heterocycles. The Labute approximate surface area is 170 Å². The zero-order chi connectivity index (χ0) is 21.7. The predicted molar refractivity (Wildman–Crippen MR) is 110 cm³/mol. The van der Waals surface area contributed by atoms with Crippen molar-refractivity contribution in [3.8, 4) is 0 Å². The van der Waals surface area contributed by atoms with Crippen molar-refractivity contribution < 1.29 is 28.5 Å². The molecule has 0 aromatic heterocycles. The maximum absolute atomic E-state index is 13.0. The topological polar surface area (TPSA) is 77.5 Å². The molecule has 2 rings (SSSR count). The highest BCUT2D eigenvalue weighted by atomic mass is 28.4. The van der Waals surface area contributed by atoms with E-state index in [9.17, 15) is 9.90 Å². The summed E-state index contributed by atoms with van der Waals surface area (Å²) in [5.74, 6) is -0.766. The van der Waals surface area contributed by atoms with Crippen LogP contribution in [-0.4, -0.2) is 73.3 Å². The van der Waals surface area contributed by atoms with Crippen molar-refractivity contribution in [2.24, 2.45) is 0 Å². The summed E-state index contributed by atoms with van der Waals surface area (Å²) in [5.41, 5.74) is -0.638. The van der Waals surface area contributed by atoms with Crippen molar-refractivity contribution in [3.05, 3.63) is 0 Å². The Bertz CT molecular complexity index is 580. The van der Waals surface area contributed by atoms with Crippen LogP contribution in [0.2, 0.25) is 18.1 Å². The number of ether oxygens (including phenoxy) is 3. The Kier molecular flexibility index (Phi) is 6.36. The minimum atomic E-state index is -2.03. The van der Waals surface area contributed by atoms with E-state index in [0.29, 0.717) is 6.61 Å². The molecule has 2 heterocycles. The number of hydrogen-bond acceptors (Lipinski definition) is 6. The maximum Gasteiger partial charge on any atom is 0.411 e. The maximum atomic E-state index is 13.0. The average Bonchev–Trinajstić information content (AvgIpc) is 2.92. The molecular weight excluding hydrogens is 378 g/mol. The second-order valence-corrected chi connectivity index (χ2v) is 15.7. The molecule has 7 nitrogen and oxygen atoms in total. The van der Waals surface area contributed by atoms with Gasteiger partial charge in [-0.3, -0.25) is 4.90 Å². The van der Waals surface area contributed by atoms with Gasteiger partial charge in [-0.05, 0) is 52.8 Å². The number of nitrogens with zero attached hydrogens (tertiary/aromatic N) is 1. The second kappa shape index (κ2) is 7.54. The number of aliphatic hydroxyl groups is 1. The van der Waals surface area contributed by atoms with Crippen molar-refractivity contribution >= 4 is 14.4 Å². The van der Waals surface area contributed by atoms with E-state index in [2.05, 4.69) is 33.9 Å². The number of hydrogen-bond donors (Lipinski definition) is 1. The van der Waals surface area contributed by atoms with E-state index in [-0.39, 0.29) is 23.8 Å². The SMILES string of the molecule is CC(C)(C)OC(=O)N1[C@H](CO)[C@@H]2OC(C)(C)O[C@@H]2[C@H]1CO[Si](C)(C)C(C)(C)C. The molecule has 0 saturated carbocycles. The molecule has 8 heteroatoms. The van der Waals surface area contributed by atoms with E-state index >= 15 is 0 Å². The number of likely N-dealkylation sites (tertiary alicyclic amines) is 1. The Morgan fingerprint density at radius 3 is 2.00 bits per heavy atom. The zero-order valence-electron chi connectivity index (χ0n) is 19.2. The van der Waals surface area contributed by atoms with Gasteiger partial charge in [0.15, 0.2) is 14.1 Å². The summed E-state index contributed by atoms with van der Waals surface area (Å²) in [6.07, 6.45) is -1.26. The van der Waals surface area contributed by atoms with Crippen LogP contribution in [0.25, 0.3) is 0 Å². The van der Waals surface area contributed by atoms with Crippen LogP contribution in [0.3, 0.4) is 0 Å². The number of aliphatic hydroxyl groups excluding tert-OH is 1. The number of amides is 1. The van der Waals surface area contributed by atoms with E-state index in [0.717, 1.165) is 0 Å². The monoisotopic (exact) mass is 417 g/mol. The van der Waals surface area contributed by atoms with E-state index in [4.69, 9.17) is 18.6 Å². The van der Waals surface area contributed by atoms with Gasteiger partial charge in [0.25, 0.3) is 0 Å². The third-order valence-electron chi connectivity index (χ3n) is 5.85. The van der Waals surface area contributed by atoms with Crippen molar-refractivity contribution in [2.45, 2.75) is 109 Å². The first kappa shape index (κ1) is 23.6. The van der Waals surface area contributed by atoms with E-state index < -0.39 is 37.9 Å². The molecular formula is C20H39NO6Si. The molecule has 2 saturated heterocycles. The molecule has 0 bridgehead atoms. The van der Waals surface area contributed by atoms with Gasteiger partial charge in [-0.15, -0.1) is 0 Å². The van der Waals surface area contributed by atoms with Crippen LogP contribution >= 0.6 is 0 Å². The van der Waals surface area contributed by atoms with Gasteiger partial charge in [-0.25, -0.2) is 4.79 Å². The predicted octanol–water partition coefficient (Wildman–Crippen LogP) is 3.51. The first-order valence-electron chi connectivity index (χ1n) is 10.1. The molecule has 0 aromatic carbocycles. The van der Waals surface area contributed by atoms with Gasteiger partial charge in [0.05, 0.1) is 25.3 Å². The zero-order valence-corrected chi connectivity index (χ0v) is 20.2.